The van der Waals surface area contributed by atoms with Gasteiger partial charge in [0.25, 0.3) is 0 Å². The van der Waals surface area contributed by atoms with E-state index in [-0.39, 0.29) is 0 Å². The Bertz CT molecular complexity index is 2000. The number of fused-ring (bicyclic) bond motifs is 6. The smallest absolute Gasteiger partial charge is 0.399 e. The molecule has 0 saturated heterocycles. The summed E-state index contributed by atoms with van der Waals surface area (Å²) in [5.41, 5.74) is 2.79. The number of para-hydroxylation sites is 5. The minimum absolute atomic E-state index is 0.589. The SMILES string of the molecule is CC(C)(Op1oc2ccccc2c2ccccc2o1)c1ccccc1Op1oc2ccccc2c2ccccc2o1. The lowest BCUT2D eigenvalue weighted by atomic mass is 9.98. The van der Waals surface area contributed by atoms with Crippen LogP contribution in [0, 0.1) is 0 Å². The van der Waals surface area contributed by atoms with Crippen LogP contribution in [0.15, 0.2) is 138 Å². The normalized spacial score (nSPS) is 11.8. The molecule has 0 saturated carbocycles. The third-order valence-corrected chi connectivity index (χ3v) is 9.17. The molecule has 7 aromatic rings. The molecule has 204 valence electrons. The summed E-state index contributed by atoms with van der Waals surface area (Å²) in [4.78, 5) is 0. The fraction of sp³-hybridized carbons (Fsp3) is 0.0909. The molecular formula is C33H26O6P2. The summed E-state index contributed by atoms with van der Waals surface area (Å²) in [5, 5.41) is 3.84. The second-order valence-electron chi connectivity index (χ2n) is 9.99. The van der Waals surface area contributed by atoms with Crippen LogP contribution in [0.4, 0.5) is 0 Å². The van der Waals surface area contributed by atoms with Crippen LogP contribution in [0.5, 0.6) is 5.75 Å². The zero-order valence-corrected chi connectivity index (χ0v) is 24.2. The van der Waals surface area contributed by atoms with E-state index in [4.69, 9.17) is 25.8 Å². The Balaban J connectivity index is 1.32. The molecule has 0 aliphatic heterocycles. The van der Waals surface area contributed by atoms with Gasteiger partial charge in [-0.05, 0) is 44.2 Å². The Labute approximate surface area is 238 Å². The first-order chi connectivity index (χ1) is 20.0. The molecule has 0 radical (unpaired) electrons. The highest BCUT2D eigenvalue weighted by Gasteiger charge is 2.29. The monoisotopic (exact) mass is 580 g/mol. The van der Waals surface area contributed by atoms with Crippen molar-refractivity contribution in [2.75, 3.05) is 0 Å². The van der Waals surface area contributed by atoms with Crippen molar-refractivity contribution >= 4 is 60.4 Å². The summed E-state index contributed by atoms with van der Waals surface area (Å²) >= 11 is 0. The predicted molar refractivity (Wildman–Crippen MR) is 165 cm³/mol. The molecule has 0 unspecified atom stereocenters. The summed E-state index contributed by atoms with van der Waals surface area (Å²) in [6.07, 6.45) is 0. The molecule has 0 fully saturated rings. The first kappa shape index (κ1) is 25.6. The molecule has 7 rings (SSSR count). The molecule has 0 aliphatic rings. The molecule has 6 nitrogen and oxygen atoms in total. The predicted octanol–water partition coefficient (Wildman–Crippen LogP) is 11.1. The van der Waals surface area contributed by atoms with Crippen molar-refractivity contribution < 1.29 is 25.8 Å². The summed E-state index contributed by atoms with van der Waals surface area (Å²) in [6, 6.07) is 39.3. The maximum Gasteiger partial charge on any atom is 0.453 e. The van der Waals surface area contributed by atoms with Crippen molar-refractivity contribution in [2.45, 2.75) is 19.4 Å². The highest BCUT2D eigenvalue weighted by Crippen LogP contribution is 2.44. The zero-order chi connectivity index (χ0) is 27.8. The molecule has 5 aromatic carbocycles. The van der Waals surface area contributed by atoms with Crippen molar-refractivity contribution in [2.24, 2.45) is 0 Å². The highest BCUT2D eigenvalue weighted by atomic mass is 31.1. The number of benzene rings is 5. The topological polar surface area (TPSA) is 71.0 Å². The van der Waals surface area contributed by atoms with E-state index in [1.165, 1.54) is 0 Å². The molecule has 2 heterocycles. The van der Waals surface area contributed by atoms with E-state index in [9.17, 15) is 0 Å². The van der Waals surface area contributed by atoms with Crippen LogP contribution in [0.3, 0.4) is 0 Å². The molecule has 0 bridgehead atoms. The van der Waals surface area contributed by atoms with Gasteiger partial charge in [0.1, 0.15) is 33.7 Å². The lowest BCUT2D eigenvalue weighted by Gasteiger charge is -2.25. The van der Waals surface area contributed by atoms with Crippen molar-refractivity contribution in [1.29, 1.82) is 0 Å². The van der Waals surface area contributed by atoms with E-state index >= 15 is 0 Å². The lowest BCUT2D eigenvalue weighted by molar-refractivity contribution is 0.159. The molecule has 0 aliphatic carbocycles. The molecule has 0 N–H and O–H groups in total. The zero-order valence-electron chi connectivity index (χ0n) is 22.4. The summed E-state index contributed by atoms with van der Waals surface area (Å²) < 4.78 is 38.3. The van der Waals surface area contributed by atoms with Gasteiger partial charge in [0.15, 0.2) is 0 Å². The largest absolute Gasteiger partial charge is 0.453 e. The van der Waals surface area contributed by atoms with Gasteiger partial charge in [0.05, 0.1) is 0 Å². The quantitative estimate of drug-likeness (QED) is 0.202. The first-order valence-corrected chi connectivity index (χ1v) is 15.4. The van der Waals surface area contributed by atoms with Gasteiger partial charge in [-0.15, -0.1) is 0 Å². The van der Waals surface area contributed by atoms with Gasteiger partial charge in [-0.1, -0.05) is 91.0 Å². The van der Waals surface area contributed by atoms with E-state index in [0.29, 0.717) is 28.1 Å². The van der Waals surface area contributed by atoms with Crippen LogP contribution >= 0.6 is 16.5 Å². The van der Waals surface area contributed by atoms with Crippen LogP contribution in [-0.4, -0.2) is 0 Å². The van der Waals surface area contributed by atoms with Crippen molar-refractivity contribution in [3.63, 3.8) is 0 Å². The Morgan fingerprint density at radius 1 is 0.463 bits per heavy atom. The van der Waals surface area contributed by atoms with E-state index < -0.39 is 22.1 Å². The van der Waals surface area contributed by atoms with E-state index in [1.807, 2.05) is 135 Å². The van der Waals surface area contributed by atoms with Gasteiger partial charge in [0.2, 0.25) is 0 Å². The Morgan fingerprint density at radius 2 is 0.829 bits per heavy atom. The number of hydrogen-bond acceptors (Lipinski definition) is 6. The standard InChI is InChI=1S/C33H26O6P2/c1-33(2,39-41-36-30-20-10-5-15-25(30)26-16-6-11-21-31(26)37-41)27-17-7-12-22-32(27)38-40-34-28-18-8-3-13-23(28)24-14-4-9-19-29(24)35-40/h3-22H,1-2H3. The van der Waals surface area contributed by atoms with Crippen LogP contribution in [-0.2, 0) is 5.60 Å². The van der Waals surface area contributed by atoms with E-state index in [2.05, 4.69) is 0 Å². The second-order valence-corrected chi connectivity index (χ2v) is 12.0. The van der Waals surface area contributed by atoms with E-state index in [1.54, 1.807) is 0 Å². The Morgan fingerprint density at radius 3 is 1.29 bits per heavy atom. The average molecular weight is 581 g/mol. The Hall–Kier alpha value is -4.34. The molecule has 0 amide bonds. The molecule has 0 spiro atoms. The molecule has 0 atom stereocenters. The van der Waals surface area contributed by atoms with Crippen molar-refractivity contribution in [3.8, 4) is 5.75 Å². The van der Waals surface area contributed by atoms with Crippen molar-refractivity contribution in [1.82, 2.24) is 0 Å². The van der Waals surface area contributed by atoms with Gasteiger partial charge >= 0.3 is 16.5 Å². The molecule has 41 heavy (non-hydrogen) atoms. The summed E-state index contributed by atoms with van der Waals surface area (Å²) in [5.74, 6) is 0.589. The van der Waals surface area contributed by atoms with E-state index in [0.717, 1.165) is 27.1 Å². The third-order valence-electron chi connectivity index (χ3n) is 6.83. The first-order valence-electron chi connectivity index (χ1n) is 13.2. The van der Waals surface area contributed by atoms with Crippen LogP contribution in [0.25, 0.3) is 43.9 Å². The highest BCUT2D eigenvalue weighted by molar-refractivity contribution is 7.32. The second kappa shape index (κ2) is 10.6. The maximum absolute atomic E-state index is 6.59. The van der Waals surface area contributed by atoms with Crippen molar-refractivity contribution in [3.05, 3.63) is 127 Å². The van der Waals surface area contributed by atoms with Gasteiger partial charge < -0.3 is 21.3 Å². The van der Waals surface area contributed by atoms with Crippen LogP contribution < -0.4 is 9.05 Å². The molecule has 8 heteroatoms. The molecular weight excluding hydrogens is 554 g/mol. The minimum Gasteiger partial charge on any atom is -0.399 e. The molecule has 2 aromatic heterocycles. The minimum atomic E-state index is -1.82. The number of hydrogen-bond donors (Lipinski definition) is 0. The number of rotatable bonds is 5. The van der Waals surface area contributed by atoms with Gasteiger partial charge in [0, 0.05) is 27.1 Å². The Kier molecular flexibility index (Phi) is 6.60. The fourth-order valence-electron chi connectivity index (χ4n) is 4.87. The van der Waals surface area contributed by atoms with Gasteiger partial charge in [-0.2, -0.15) is 0 Å². The maximum atomic E-state index is 6.59. The lowest BCUT2D eigenvalue weighted by Crippen LogP contribution is -2.24. The third kappa shape index (κ3) is 5.03. The fourth-order valence-corrected chi connectivity index (χ4v) is 7.16. The average Bonchev–Trinajstić information content (AvgIpc) is 3.24. The van der Waals surface area contributed by atoms with Gasteiger partial charge in [-0.3, -0.25) is 4.52 Å². The van der Waals surface area contributed by atoms with Crippen LogP contribution in [0.2, 0.25) is 0 Å². The summed E-state index contributed by atoms with van der Waals surface area (Å²) in [6.45, 7) is 3.94. The summed E-state index contributed by atoms with van der Waals surface area (Å²) in [7, 11) is -3.62. The van der Waals surface area contributed by atoms with Gasteiger partial charge in [-0.25, -0.2) is 0 Å². The van der Waals surface area contributed by atoms with Crippen LogP contribution in [0.1, 0.15) is 19.4 Å².